The number of halogens is 1. The number of morpholine rings is 1. The van der Waals surface area contributed by atoms with Crippen molar-refractivity contribution in [3.63, 3.8) is 0 Å². The summed E-state index contributed by atoms with van der Waals surface area (Å²) in [5, 5.41) is 8.39. The molecule has 10 heteroatoms. The number of fused-ring (bicyclic) bond motifs is 1. The number of carbonyl (C=O) groups excluding carboxylic acids is 1. The highest BCUT2D eigenvalue weighted by molar-refractivity contribution is 5.92. The molecule has 1 aromatic carbocycles. The van der Waals surface area contributed by atoms with Crippen molar-refractivity contribution in [1.82, 2.24) is 25.3 Å². The highest BCUT2D eigenvalue weighted by atomic mass is 19.1. The van der Waals surface area contributed by atoms with Crippen LogP contribution >= 0.6 is 0 Å². The Morgan fingerprint density at radius 3 is 2.54 bits per heavy atom. The predicted octanol–water partition coefficient (Wildman–Crippen LogP) is 4.15. The van der Waals surface area contributed by atoms with Crippen molar-refractivity contribution in [2.45, 2.75) is 56.9 Å². The number of aromatic nitrogens is 3. The minimum absolute atomic E-state index is 0.132. The Labute approximate surface area is 228 Å². The number of likely N-dealkylation sites (tertiary alicyclic amines) is 1. The van der Waals surface area contributed by atoms with Gasteiger partial charge in [0.15, 0.2) is 5.58 Å². The number of piperidine rings is 1. The molecule has 1 amide bonds. The summed E-state index contributed by atoms with van der Waals surface area (Å²) in [5.74, 6) is 1.44. The van der Waals surface area contributed by atoms with Crippen LogP contribution in [-0.4, -0.2) is 77.9 Å². The number of hydrogen-bond donors (Lipinski definition) is 1. The van der Waals surface area contributed by atoms with Crippen LogP contribution in [0.5, 0.6) is 0 Å². The van der Waals surface area contributed by atoms with E-state index in [0.717, 1.165) is 88.1 Å². The summed E-state index contributed by atoms with van der Waals surface area (Å²) < 4.78 is 24.2. The molecule has 2 aliphatic heterocycles. The Kier molecular flexibility index (Phi) is 8.01. The lowest BCUT2D eigenvalue weighted by Gasteiger charge is -2.34. The number of nitrogens with zero attached hydrogens (tertiary/aromatic N) is 5. The molecule has 3 fully saturated rings. The van der Waals surface area contributed by atoms with E-state index >= 15 is 0 Å². The summed E-state index contributed by atoms with van der Waals surface area (Å²) in [6.07, 6.45) is 10.9. The van der Waals surface area contributed by atoms with Gasteiger partial charge in [0.1, 0.15) is 17.3 Å². The summed E-state index contributed by atoms with van der Waals surface area (Å²) in [5.41, 5.74) is 1.89. The molecule has 4 heterocycles. The van der Waals surface area contributed by atoms with Crippen LogP contribution in [0.1, 0.15) is 67.0 Å². The van der Waals surface area contributed by atoms with Gasteiger partial charge in [0, 0.05) is 36.5 Å². The minimum atomic E-state index is -0.292. The van der Waals surface area contributed by atoms with Gasteiger partial charge < -0.3 is 24.4 Å². The Balaban J connectivity index is 0.903. The molecule has 208 valence electrons. The Bertz CT molecular complexity index is 1250. The molecule has 1 N–H and O–H groups in total. The van der Waals surface area contributed by atoms with E-state index in [1.165, 1.54) is 18.6 Å². The Hall–Kier alpha value is -3.11. The number of amides is 1. The van der Waals surface area contributed by atoms with E-state index in [0.29, 0.717) is 36.3 Å². The summed E-state index contributed by atoms with van der Waals surface area (Å²) in [7, 11) is 0. The third kappa shape index (κ3) is 6.22. The van der Waals surface area contributed by atoms with E-state index in [9.17, 15) is 9.18 Å². The van der Waals surface area contributed by atoms with Crippen LogP contribution in [0.25, 0.3) is 11.0 Å². The molecule has 0 spiro atoms. The van der Waals surface area contributed by atoms with Gasteiger partial charge in [0.05, 0.1) is 31.3 Å². The molecule has 9 nitrogen and oxygen atoms in total. The van der Waals surface area contributed by atoms with Crippen LogP contribution in [-0.2, 0) is 4.74 Å². The Morgan fingerprint density at radius 1 is 1.00 bits per heavy atom. The number of carbonyl (C=O) groups is 1. The zero-order valence-corrected chi connectivity index (χ0v) is 22.4. The van der Waals surface area contributed by atoms with Crippen molar-refractivity contribution in [2.75, 3.05) is 50.8 Å². The maximum absolute atomic E-state index is 13.5. The molecule has 3 aromatic rings. The first kappa shape index (κ1) is 26.1. The number of ether oxygens (including phenoxy) is 1. The third-order valence-corrected chi connectivity index (χ3v) is 8.68. The molecule has 6 rings (SSSR count). The fraction of sp³-hybridized carbons (Fsp3) is 0.586. The second-order valence-electron chi connectivity index (χ2n) is 11.2. The first-order chi connectivity index (χ1) is 19.1. The van der Waals surface area contributed by atoms with Crippen LogP contribution < -0.4 is 10.2 Å². The number of anilines is 1. The zero-order valence-electron chi connectivity index (χ0n) is 22.4. The van der Waals surface area contributed by atoms with Gasteiger partial charge in [-0.2, -0.15) is 0 Å². The van der Waals surface area contributed by atoms with Gasteiger partial charge in [-0.3, -0.25) is 4.79 Å². The largest absolute Gasteiger partial charge is 0.378 e. The predicted molar refractivity (Wildman–Crippen MR) is 145 cm³/mol. The highest BCUT2D eigenvalue weighted by Gasteiger charge is 2.27. The van der Waals surface area contributed by atoms with Crippen molar-refractivity contribution in [3.05, 3.63) is 47.8 Å². The first-order valence-electron chi connectivity index (χ1n) is 14.3. The lowest BCUT2D eigenvalue weighted by atomic mass is 9.83. The Morgan fingerprint density at radius 2 is 1.79 bits per heavy atom. The summed E-state index contributed by atoms with van der Waals surface area (Å²) in [6, 6.07) is 4.89. The first-order valence-corrected chi connectivity index (χ1v) is 14.3. The average molecular weight is 537 g/mol. The summed E-state index contributed by atoms with van der Waals surface area (Å²) in [4.78, 5) is 26.2. The molecule has 2 aromatic heterocycles. The van der Waals surface area contributed by atoms with E-state index in [-0.39, 0.29) is 17.8 Å². The van der Waals surface area contributed by atoms with E-state index in [4.69, 9.17) is 9.26 Å². The van der Waals surface area contributed by atoms with Crippen molar-refractivity contribution >= 4 is 22.7 Å². The van der Waals surface area contributed by atoms with Gasteiger partial charge in [-0.25, -0.2) is 14.4 Å². The van der Waals surface area contributed by atoms with Crippen LogP contribution in [0.2, 0.25) is 0 Å². The molecule has 0 atom stereocenters. The van der Waals surface area contributed by atoms with E-state index in [2.05, 4.69) is 30.2 Å². The van der Waals surface area contributed by atoms with Crippen molar-refractivity contribution in [2.24, 2.45) is 5.92 Å². The molecule has 1 saturated carbocycles. The SMILES string of the molecule is O=C(NC1CCC(CCN2CCC(c3noc4cc(F)ccc34)CC2)CC1)c1cnc(N2CCOCC2)cn1. The average Bonchev–Trinajstić information content (AvgIpc) is 3.40. The normalized spacial score (nSPS) is 23.3. The third-order valence-electron chi connectivity index (χ3n) is 8.68. The van der Waals surface area contributed by atoms with Gasteiger partial charge in [-0.1, -0.05) is 5.16 Å². The monoisotopic (exact) mass is 536 g/mol. The van der Waals surface area contributed by atoms with Crippen molar-refractivity contribution in [1.29, 1.82) is 0 Å². The summed E-state index contributed by atoms with van der Waals surface area (Å²) >= 11 is 0. The standard InChI is InChI=1S/C29H37FN6O3/c30-22-3-6-24-26(17-22)39-34-28(24)21-8-11-35(12-9-21)10-7-20-1-4-23(5-2-20)33-29(37)25-18-32-27(19-31-25)36-13-15-38-16-14-36/h3,6,17-21,23H,1-2,4-5,7-16H2,(H,33,37). The molecule has 3 aliphatic rings. The van der Waals surface area contributed by atoms with Crippen LogP contribution in [0.4, 0.5) is 10.2 Å². The second kappa shape index (κ2) is 12.0. The minimum Gasteiger partial charge on any atom is -0.378 e. The van der Waals surface area contributed by atoms with Gasteiger partial charge in [0.25, 0.3) is 5.91 Å². The zero-order chi connectivity index (χ0) is 26.6. The molecule has 1 aliphatic carbocycles. The van der Waals surface area contributed by atoms with Gasteiger partial charge in [-0.05, 0) is 82.6 Å². The van der Waals surface area contributed by atoms with Crippen molar-refractivity contribution in [3.8, 4) is 0 Å². The summed E-state index contributed by atoms with van der Waals surface area (Å²) in [6.45, 7) is 6.20. The van der Waals surface area contributed by atoms with E-state index in [1.807, 2.05) is 0 Å². The number of rotatable bonds is 7. The number of hydrogen-bond acceptors (Lipinski definition) is 8. The van der Waals surface area contributed by atoms with Crippen LogP contribution in [0, 0.1) is 11.7 Å². The topological polar surface area (TPSA) is 96.6 Å². The molecule has 2 saturated heterocycles. The molecular formula is C29H37FN6O3. The van der Waals surface area contributed by atoms with Gasteiger partial charge in [0.2, 0.25) is 0 Å². The quantitative estimate of drug-likeness (QED) is 0.481. The molecule has 39 heavy (non-hydrogen) atoms. The van der Waals surface area contributed by atoms with E-state index < -0.39 is 0 Å². The molecule has 0 bridgehead atoms. The molecule has 0 radical (unpaired) electrons. The highest BCUT2D eigenvalue weighted by Crippen LogP contribution is 2.33. The fourth-order valence-electron chi connectivity index (χ4n) is 6.27. The maximum atomic E-state index is 13.5. The fourth-order valence-corrected chi connectivity index (χ4v) is 6.27. The lowest BCUT2D eigenvalue weighted by molar-refractivity contribution is 0.0913. The van der Waals surface area contributed by atoms with E-state index in [1.54, 1.807) is 18.5 Å². The lowest BCUT2D eigenvalue weighted by Crippen LogP contribution is -2.39. The molecular weight excluding hydrogens is 499 g/mol. The maximum Gasteiger partial charge on any atom is 0.271 e. The van der Waals surface area contributed by atoms with Gasteiger partial charge >= 0.3 is 0 Å². The van der Waals surface area contributed by atoms with Crippen LogP contribution in [0.3, 0.4) is 0 Å². The van der Waals surface area contributed by atoms with Crippen molar-refractivity contribution < 1.29 is 18.4 Å². The van der Waals surface area contributed by atoms with Gasteiger partial charge in [-0.15, -0.1) is 0 Å². The number of benzene rings is 1. The number of nitrogens with one attached hydrogen (secondary N) is 1. The van der Waals surface area contributed by atoms with Crippen LogP contribution in [0.15, 0.2) is 35.1 Å². The molecule has 0 unspecified atom stereocenters. The second-order valence-corrected chi connectivity index (χ2v) is 11.2. The smallest absolute Gasteiger partial charge is 0.271 e.